The fraction of sp³-hybridized carbons (Fsp3) is 0.316. The van der Waals surface area contributed by atoms with Gasteiger partial charge in [0.15, 0.2) is 17.3 Å². The third-order valence-corrected chi connectivity index (χ3v) is 4.01. The molecule has 0 aliphatic rings. The third kappa shape index (κ3) is 4.96. The number of hydrogen-bond donors (Lipinski definition) is 2. The highest BCUT2D eigenvalue weighted by molar-refractivity contribution is 5.50. The Kier molecular flexibility index (Phi) is 6.23. The fourth-order valence-corrected chi connectivity index (χ4v) is 2.62. The summed E-state index contributed by atoms with van der Waals surface area (Å²) in [6, 6.07) is 1.29. The standard InChI is InChI=1S/C19H21F2N5O3/c1-11-4-16(28-3)18(21)15(17(11)20)10-29-14-6-22-19(23-7-14)25-13-5-24-26(9-13)8-12(2)27/h4-7,9,12,27H,8,10H2,1-3H3,(H,22,23,25)/t12-/m1/s1. The Morgan fingerprint density at radius 1 is 1.21 bits per heavy atom. The minimum atomic E-state index is -0.802. The normalized spacial score (nSPS) is 11.9. The van der Waals surface area contributed by atoms with Crippen LogP contribution in [0.3, 0.4) is 0 Å². The van der Waals surface area contributed by atoms with Gasteiger partial charge in [-0.3, -0.25) is 4.68 Å². The number of nitrogens with zero attached hydrogens (tertiary/aromatic N) is 4. The van der Waals surface area contributed by atoms with Gasteiger partial charge >= 0.3 is 0 Å². The fourth-order valence-electron chi connectivity index (χ4n) is 2.62. The van der Waals surface area contributed by atoms with Gasteiger partial charge in [0, 0.05) is 6.20 Å². The summed E-state index contributed by atoms with van der Waals surface area (Å²) >= 11 is 0. The van der Waals surface area contributed by atoms with Crippen molar-refractivity contribution < 1.29 is 23.4 Å². The van der Waals surface area contributed by atoms with Crippen LogP contribution in [0.5, 0.6) is 11.5 Å². The first-order chi connectivity index (χ1) is 13.9. The zero-order valence-corrected chi connectivity index (χ0v) is 16.2. The van der Waals surface area contributed by atoms with Crippen LogP contribution in [-0.4, -0.2) is 38.1 Å². The van der Waals surface area contributed by atoms with Crippen LogP contribution in [0.2, 0.25) is 0 Å². The number of methoxy groups -OCH3 is 1. The molecule has 3 aromatic rings. The van der Waals surface area contributed by atoms with Crippen molar-refractivity contribution in [2.45, 2.75) is 33.1 Å². The van der Waals surface area contributed by atoms with E-state index in [2.05, 4.69) is 20.4 Å². The number of rotatable bonds is 8. The van der Waals surface area contributed by atoms with Gasteiger partial charge in [-0.1, -0.05) is 0 Å². The molecule has 0 aliphatic heterocycles. The maximum Gasteiger partial charge on any atom is 0.227 e. The highest BCUT2D eigenvalue weighted by atomic mass is 19.1. The average molecular weight is 405 g/mol. The topological polar surface area (TPSA) is 94.3 Å². The molecule has 0 bridgehead atoms. The van der Waals surface area contributed by atoms with E-state index in [9.17, 15) is 13.9 Å². The van der Waals surface area contributed by atoms with E-state index in [0.717, 1.165) is 0 Å². The molecule has 1 atom stereocenters. The number of aliphatic hydroxyl groups excluding tert-OH is 1. The molecule has 0 spiro atoms. The minimum absolute atomic E-state index is 0.0468. The number of benzene rings is 1. The summed E-state index contributed by atoms with van der Waals surface area (Å²) in [7, 11) is 1.31. The molecule has 0 amide bonds. The third-order valence-electron chi connectivity index (χ3n) is 4.01. The second-order valence-electron chi connectivity index (χ2n) is 6.46. The quantitative estimate of drug-likeness (QED) is 0.595. The van der Waals surface area contributed by atoms with Crippen molar-refractivity contribution in [1.82, 2.24) is 19.7 Å². The Hall–Kier alpha value is -3.27. The first kappa shape index (κ1) is 20.5. The Morgan fingerprint density at radius 2 is 1.93 bits per heavy atom. The molecule has 0 fully saturated rings. The molecule has 1 aromatic carbocycles. The summed E-state index contributed by atoms with van der Waals surface area (Å²) in [5.74, 6) is -0.988. The molecule has 8 nitrogen and oxygen atoms in total. The summed E-state index contributed by atoms with van der Waals surface area (Å²) in [5.41, 5.74) is 0.679. The van der Waals surface area contributed by atoms with Crippen LogP contribution in [0.4, 0.5) is 20.4 Å². The van der Waals surface area contributed by atoms with E-state index in [4.69, 9.17) is 9.47 Å². The lowest BCUT2D eigenvalue weighted by Crippen LogP contribution is -2.11. The Balaban J connectivity index is 1.64. The van der Waals surface area contributed by atoms with Crippen molar-refractivity contribution >= 4 is 11.6 Å². The van der Waals surface area contributed by atoms with Gasteiger partial charge in [0.1, 0.15) is 12.4 Å². The predicted octanol–water partition coefficient (Wildman–Crippen LogP) is 2.97. The monoisotopic (exact) mass is 405 g/mol. The lowest BCUT2D eigenvalue weighted by molar-refractivity contribution is 0.168. The van der Waals surface area contributed by atoms with Gasteiger partial charge in [0.05, 0.1) is 49.6 Å². The van der Waals surface area contributed by atoms with Crippen LogP contribution in [-0.2, 0) is 13.2 Å². The van der Waals surface area contributed by atoms with Crippen molar-refractivity contribution in [3.63, 3.8) is 0 Å². The van der Waals surface area contributed by atoms with Gasteiger partial charge in [0.2, 0.25) is 5.95 Å². The predicted molar refractivity (Wildman–Crippen MR) is 101 cm³/mol. The molecule has 0 aliphatic carbocycles. The molecule has 2 aromatic heterocycles. The van der Waals surface area contributed by atoms with Crippen molar-refractivity contribution in [2.24, 2.45) is 0 Å². The molecule has 0 radical (unpaired) electrons. The van der Waals surface area contributed by atoms with Gasteiger partial charge in [0.25, 0.3) is 0 Å². The molecular weight excluding hydrogens is 384 g/mol. The molecule has 3 rings (SSSR count). The van der Waals surface area contributed by atoms with E-state index in [1.165, 1.54) is 32.5 Å². The van der Waals surface area contributed by atoms with Crippen molar-refractivity contribution in [3.05, 3.63) is 53.6 Å². The number of halogens is 2. The summed E-state index contributed by atoms with van der Waals surface area (Å²) < 4.78 is 40.5. The summed E-state index contributed by atoms with van der Waals surface area (Å²) in [6.45, 7) is 3.22. The Labute approximate surface area is 166 Å². The van der Waals surface area contributed by atoms with Crippen molar-refractivity contribution in [3.8, 4) is 11.5 Å². The average Bonchev–Trinajstić information content (AvgIpc) is 3.12. The zero-order valence-electron chi connectivity index (χ0n) is 16.2. The minimum Gasteiger partial charge on any atom is -0.494 e. The van der Waals surface area contributed by atoms with Gasteiger partial charge in [-0.05, 0) is 25.5 Å². The number of anilines is 2. The molecule has 2 heterocycles. The molecule has 0 saturated carbocycles. The van der Waals surface area contributed by atoms with Crippen molar-refractivity contribution in [2.75, 3.05) is 12.4 Å². The van der Waals surface area contributed by atoms with Crippen LogP contribution in [0.15, 0.2) is 30.9 Å². The highest BCUT2D eigenvalue weighted by Gasteiger charge is 2.18. The van der Waals surface area contributed by atoms with E-state index in [1.54, 1.807) is 24.0 Å². The van der Waals surface area contributed by atoms with Crippen molar-refractivity contribution in [1.29, 1.82) is 0 Å². The number of aromatic nitrogens is 4. The molecule has 10 heteroatoms. The first-order valence-electron chi connectivity index (χ1n) is 8.81. The lowest BCUT2D eigenvalue weighted by atomic mass is 10.1. The second-order valence-corrected chi connectivity index (χ2v) is 6.46. The Morgan fingerprint density at radius 3 is 2.59 bits per heavy atom. The number of hydrogen-bond acceptors (Lipinski definition) is 7. The molecule has 2 N–H and O–H groups in total. The number of nitrogens with one attached hydrogen (secondary N) is 1. The smallest absolute Gasteiger partial charge is 0.227 e. The van der Waals surface area contributed by atoms with E-state index in [1.807, 2.05) is 0 Å². The van der Waals surface area contributed by atoms with Crippen LogP contribution in [0, 0.1) is 18.6 Å². The van der Waals surface area contributed by atoms with Crippen LogP contribution >= 0.6 is 0 Å². The lowest BCUT2D eigenvalue weighted by Gasteiger charge is -2.12. The molecule has 0 unspecified atom stereocenters. The molecule has 0 saturated heterocycles. The van der Waals surface area contributed by atoms with Crippen LogP contribution in [0.25, 0.3) is 0 Å². The van der Waals surface area contributed by atoms with Gasteiger partial charge in [-0.15, -0.1) is 0 Å². The maximum atomic E-state index is 14.3. The number of aryl methyl sites for hydroxylation is 1. The van der Waals surface area contributed by atoms with E-state index < -0.39 is 17.7 Å². The zero-order chi connectivity index (χ0) is 21.0. The van der Waals surface area contributed by atoms with Gasteiger partial charge in [-0.2, -0.15) is 5.10 Å². The van der Waals surface area contributed by atoms with Gasteiger partial charge < -0.3 is 19.9 Å². The second kappa shape index (κ2) is 8.82. The van der Waals surface area contributed by atoms with E-state index >= 15 is 0 Å². The number of aliphatic hydroxyl groups is 1. The Bertz CT molecular complexity index is 977. The summed E-state index contributed by atoms with van der Waals surface area (Å²) in [5, 5.41) is 16.4. The van der Waals surface area contributed by atoms with Crippen LogP contribution < -0.4 is 14.8 Å². The van der Waals surface area contributed by atoms with Gasteiger partial charge in [-0.25, -0.2) is 18.7 Å². The largest absolute Gasteiger partial charge is 0.494 e. The van der Waals surface area contributed by atoms with Crippen LogP contribution in [0.1, 0.15) is 18.1 Å². The van der Waals surface area contributed by atoms with E-state index in [-0.39, 0.29) is 29.2 Å². The SMILES string of the molecule is COc1cc(C)c(F)c(COc2cnc(Nc3cnn(C[C@@H](C)O)c3)nc2)c1F. The maximum absolute atomic E-state index is 14.3. The van der Waals surface area contributed by atoms with E-state index in [0.29, 0.717) is 18.2 Å². The highest BCUT2D eigenvalue weighted by Crippen LogP contribution is 2.27. The summed E-state index contributed by atoms with van der Waals surface area (Å²) in [6.07, 6.45) is 5.54. The number of ether oxygens (including phenoxy) is 2. The first-order valence-corrected chi connectivity index (χ1v) is 8.81. The summed E-state index contributed by atoms with van der Waals surface area (Å²) in [4.78, 5) is 8.21. The molecule has 154 valence electrons. The molecule has 29 heavy (non-hydrogen) atoms. The molecular formula is C19H21F2N5O3.